The molecule has 0 aromatic heterocycles. The standard InChI is InChI=1S/C34H35Cl2NO9/c1-40-26-11-19(12-27(41-2)33(26)42-3)30-21-13-24-25(45-17-44-24)14-22(21)32(23-16-43-34(39)31(23)30)46-29(38)6-4-5-18-7-9-20(10-8-18)37-15-28(35)36/h7-14,23,28,30-32,37H,4-6,15-17H2,1-3H3/t23?,30-,31+,32+/m1/s1. The van der Waals surface area contributed by atoms with E-state index < -0.39 is 28.7 Å². The van der Waals surface area contributed by atoms with E-state index in [1.165, 1.54) is 7.11 Å². The van der Waals surface area contributed by atoms with Gasteiger partial charge in [0.2, 0.25) is 12.5 Å². The molecule has 1 N–H and O–H groups in total. The fraction of sp³-hybridized carbons (Fsp3) is 0.412. The molecule has 0 spiro atoms. The predicted molar refractivity (Wildman–Crippen MR) is 171 cm³/mol. The van der Waals surface area contributed by atoms with E-state index in [0.717, 1.165) is 27.9 Å². The van der Waals surface area contributed by atoms with Crippen LogP contribution in [0.25, 0.3) is 0 Å². The van der Waals surface area contributed by atoms with Crippen molar-refractivity contribution in [1.29, 1.82) is 0 Å². The maximum Gasteiger partial charge on any atom is 0.310 e. The summed E-state index contributed by atoms with van der Waals surface area (Å²) in [5, 5.41) is 3.16. The molecule has 6 rings (SSSR count). The summed E-state index contributed by atoms with van der Waals surface area (Å²) in [6.45, 7) is 0.635. The number of anilines is 1. The van der Waals surface area contributed by atoms with Gasteiger partial charge in [0.1, 0.15) is 10.9 Å². The number of hydrogen-bond donors (Lipinski definition) is 1. The number of methoxy groups -OCH3 is 3. The second kappa shape index (κ2) is 13.8. The summed E-state index contributed by atoms with van der Waals surface area (Å²) in [6.07, 6.45) is 0.776. The molecular weight excluding hydrogens is 637 g/mol. The molecular formula is C34H35Cl2NO9. The second-order valence-electron chi connectivity index (χ2n) is 11.3. The van der Waals surface area contributed by atoms with Gasteiger partial charge in [0, 0.05) is 36.1 Å². The van der Waals surface area contributed by atoms with Crippen molar-refractivity contribution < 1.29 is 42.7 Å². The molecule has 244 valence electrons. The molecule has 10 nitrogen and oxygen atoms in total. The molecule has 1 fully saturated rings. The largest absolute Gasteiger partial charge is 0.493 e. The number of nitrogens with one attached hydrogen (secondary N) is 1. The van der Waals surface area contributed by atoms with Crippen LogP contribution >= 0.6 is 23.2 Å². The van der Waals surface area contributed by atoms with E-state index in [1.807, 2.05) is 48.5 Å². The number of alkyl halides is 2. The number of esters is 2. The van der Waals surface area contributed by atoms with Crippen molar-refractivity contribution in [3.8, 4) is 28.7 Å². The lowest BCUT2D eigenvalue weighted by Crippen LogP contribution is -2.36. The van der Waals surface area contributed by atoms with E-state index in [1.54, 1.807) is 14.2 Å². The van der Waals surface area contributed by atoms with Gasteiger partial charge in [-0.15, -0.1) is 23.2 Å². The van der Waals surface area contributed by atoms with Gasteiger partial charge >= 0.3 is 11.9 Å². The molecule has 2 aliphatic heterocycles. The molecule has 2 heterocycles. The van der Waals surface area contributed by atoms with Gasteiger partial charge in [0.15, 0.2) is 23.0 Å². The third-order valence-corrected chi connectivity index (χ3v) is 8.99. The van der Waals surface area contributed by atoms with Crippen LogP contribution in [0.1, 0.15) is 47.1 Å². The van der Waals surface area contributed by atoms with Gasteiger partial charge in [0.25, 0.3) is 0 Å². The number of hydrogen-bond acceptors (Lipinski definition) is 10. The number of carbonyl (C=O) groups is 2. The van der Waals surface area contributed by atoms with Crippen LogP contribution in [0.5, 0.6) is 28.7 Å². The molecule has 3 aromatic carbocycles. The molecule has 12 heteroatoms. The highest BCUT2D eigenvalue weighted by Crippen LogP contribution is 2.56. The van der Waals surface area contributed by atoms with Crippen molar-refractivity contribution in [3.05, 3.63) is 70.8 Å². The Morgan fingerprint density at radius 2 is 1.61 bits per heavy atom. The zero-order chi connectivity index (χ0) is 32.4. The predicted octanol–water partition coefficient (Wildman–Crippen LogP) is 6.20. The molecule has 0 bridgehead atoms. The number of rotatable bonds is 12. The number of cyclic esters (lactones) is 1. The minimum Gasteiger partial charge on any atom is -0.493 e. The third kappa shape index (κ3) is 6.33. The van der Waals surface area contributed by atoms with Crippen molar-refractivity contribution in [2.24, 2.45) is 11.8 Å². The van der Waals surface area contributed by atoms with E-state index in [4.69, 9.17) is 56.4 Å². The van der Waals surface area contributed by atoms with Gasteiger partial charge in [-0.05, 0) is 65.9 Å². The first-order chi connectivity index (χ1) is 22.3. The van der Waals surface area contributed by atoms with E-state index in [9.17, 15) is 9.59 Å². The maximum absolute atomic E-state index is 13.4. The van der Waals surface area contributed by atoms with E-state index >= 15 is 0 Å². The summed E-state index contributed by atoms with van der Waals surface area (Å²) in [6, 6.07) is 15.3. The van der Waals surface area contributed by atoms with Gasteiger partial charge in [-0.2, -0.15) is 0 Å². The van der Waals surface area contributed by atoms with Crippen LogP contribution < -0.4 is 29.0 Å². The first-order valence-corrected chi connectivity index (χ1v) is 15.9. The SMILES string of the molecule is COc1cc([C@@H]2c3cc4c(cc3[C@H](OC(=O)CCCc3ccc(NCC(Cl)Cl)cc3)C3COC(=O)[C@@H]32)OCO4)cc(OC)c1OC. The summed E-state index contributed by atoms with van der Waals surface area (Å²) in [5.74, 6) is 0.228. The number of carbonyl (C=O) groups excluding carboxylic acids is 2. The van der Waals surface area contributed by atoms with Crippen LogP contribution in [-0.4, -0.2) is 58.0 Å². The zero-order valence-electron chi connectivity index (χ0n) is 25.7. The lowest BCUT2D eigenvalue weighted by molar-refractivity contribution is -0.154. The highest BCUT2D eigenvalue weighted by atomic mass is 35.5. The number of aryl methyl sites for hydroxylation is 1. The summed E-state index contributed by atoms with van der Waals surface area (Å²) in [7, 11) is 4.62. The van der Waals surface area contributed by atoms with Gasteiger partial charge in [-0.25, -0.2) is 0 Å². The molecule has 3 aliphatic rings. The van der Waals surface area contributed by atoms with Crippen molar-refractivity contribution in [2.45, 2.75) is 36.1 Å². The first-order valence-electron chi connectivity index (χ1n) is 15.0. The fourth-order valence-electron chi connectivity index (χ4n) is 6.57. The zero-order valence-corrected chi connectivity index (χ0v) is 27.2. The van der Waals surface area contributed by atoms with E-state index in [2.05, 4.69) is 5.32 Å². The quantitative estimate of drug-likeness (QED) is 0.177. The van der Waals surface area contributed by atoms with Gasteiger partial charge < -0.3 is 38.5 Å². The molecule has 0 saturated carbocycles. The smallest absolute Gasteiger partial charge is 0.310 e. The topological polar surface area (TPSA) is 111 Å². The van der Waals surface area contributed by atoms with Crippen LogP contribution in [0.15, 0.2) is 48.5 Å². The van der Waals surface area contributed by atoms with E-state index in [-0.39, 0.29) is 31.8 Å². The first kappa shape index (κ1) is 31.9. The summed E-state index contributed by atoms with van der Waals surface area (Å²) in [4.78, 5) is 26.2. The summed E-state index contributed by atoms with van der Waals surface area (Å²) in [5.41, 5.74) is 4.29. The van der Waals surface area contributed by atoms with E-state index in [0.29, 0.717) is 48.1 Å². The van der Waals surface area contributed by atoms with Gasteiger partial charge in [-0.1, -0.05) is 12.1 Å². The Balaban J connectivity index is 1.26. The normalized spacial score (nSPS) is 20.9. The lowest BCUT2D eigenvalue weighted by Gasteiger charge is -2.38. The Bertz CT molecular complexity index is 1570. The Morgan fingerprint density at radius 1 is 0.935 bits per heavy atom. The van der Waals surface area contributed by atoms with Crippen LogP contribution in [0, 0.1) is 11.8 Å². The molecule has 0 amide bonds. The molecule has 1 saturated heterocycles. The van der Waals surface area contributed by atoms with Crippen molar-refractivity contribution >= 4 is 40.8 Å². The molecule has 1 unspecified atom stereocenters. The minimum atomic E-state index is -0.718. The summed E-state index contributed by atoms with van der Waals surface area (Å²) < 4.78 is 40.1. The highest BCUT2D eigenvalue weighted by molar-refractivity contribution is 6.44. The van der Waals surface area contributed by atoms with Crippen LogP contribution in [0.2, 0.25) is 0 Å². The molecule has 46 heavy (non-hydrogen) atoms. The molecule has 4 atom stereocenters. The fourth-order valence-corrected chi connectivity index (χ4v) is 6.72. The third-order valence-electron chi connectivity index (χ3n) is 8.68. The lowest BCUT2D eigenvalue weighted by atomic mass is 9.66. The van der Waals surface area contributed by atoms with Crippen LogP contribution in [0.4, 0.5) is 5.69 Å². The maximum atomic E-state index is 13.4. The number of benzene rings is 3. The average molecular weight is 673 g/mol. The Morgan fingerprint density at radius 3 is 2.24 bits per heavy atom. The van der Waals surface area contributed by atoms with Crippen molar-refractivity contribution in [3.63, 3.8) is 0 Å². The van der Waals surface area contributed by atoms with Crippen LogP contribution in [0.3, 0.4) is 0 Å². The Kier molecular flexibility index (Phi) is 9.56. The number of halogens is 2. The monoisotopic (exact) mass is 671 g/mol. The average Bonchev–Trinajstić information content (AvgIpc) is 3.68. The molecule has 0 radical (unpaired) electrons. The molecule has 1 aliphatic carbocycles. The van der Waals surface area contributed by atoms with Crippen molar-refractivity contribution in [2.75, 3.05) is 46.6 Å². The Hall–Kier alpha value is -4.02. The molecule has 3 aromatic rings. The van der Waals surface area contributed by atoms with Crippen molar-refractivity contribution in [1.82, 2.24) is 0 Å². The minimum absolute atomic E-state index is 0.0728. The van der Waals surface area contributed by atoms with Gasteiger partial charge in [-0.3, -0.25) is 9.59 Å². The number of ether oxygens (including phenoxy) is 7. The van der Waals surface area contributed by atoms with Gasteiger partial charge in [0.05, 0.1) is 33.9 Å². The highest BCUT2D eigenvalue weighted by Gasteiger charge is 2.54. The summed E-state index contributed by atoms with van der Waals surface area (Å²) >= 11 is 11.6. The van der Waals surface area contributed by atoms with Crippen LogP contribution in [-0.2, 0) is 25.5 Å². The number of fused-ring (bicyclic) bond motifs is 3. The Labute approximate surface area is 277 Å². The second-order valence-corrected chi connectivity index (χ2v) is 12.6.